The van der Waals surface area contributed by atoms with Gasteiger partial charge in [0.05, 0.1) is 29.8 Å². The van der Waals surface area contributed by atoms with E-state index in [-0.39, 0.29) is 17.9 Å². The van der Waals surface area contributed by atoms with Crippen molar-refractivity contribution >= 4 is 11.6 Å². The third-order valence-corrected chi connectivity index (χ3v) is 4.48. The van der Waals surface area contributed by atoms with E-state index in [2.05, 4.69) is 20.6 Å². The quantitative estimate of drug-likeness (QED) is 0.509. The molecule has 1 amide bonds. The monoisotopic (exact) mass is 421 g/mol. The van der Waals surface area contributed by atoms with Crippen molar-refractivity contribution in [3.8, 4) is 16.9 Å². The molecule has 9 heteroatoms. The predicted octanol–water partition coefficient (Wildman–Crippen LogP) is 3.99. The smallest absolute Gasteiger partial charge is 0.259 e. The molecule has 4 aromatic rings. The minimum absolute atomic E-state index is 0.0411. The molecule has 0 aliphatic carbocycles. The summed E-state index contributed by atoms with van der Waals surface area (Å²) in [7, 11) is 1.80. The summed E-state index contributed by atoms with van der Waals surface area (Å²) < 4.78 is 34.1. The lowest BCUT2D eigenvalue weighted by molar-refractivity contribution is 0.102. The van der Waals surface area contributed by atoms with E-state index in [1.54, 1.807) is 42.2 Å². The Morgan fingerprint density at radius 2 is 1.90 bits per heavy atom. The van der Waals surface area contributed by atoms with Gasteiger partial charge in [0.1, 0.15) is 12.4 Å². The number of nitrogens with zero attached hydrogens (tertiary/aromatic N) is 4. The molecule has 4 rings (SSSR count). The molecule has 0 radical (unpaired) electrons. The van der Waals surface area contributed by atoms with Gasteiger partial charge in [0.2, 0.25) is 0 Å². The summed E-state index contributed by atoms with van der Waals surface area (Å²) >= 11 is 0. The van der Waals surface area contributed by atoms with E-state index in [9.17, 15) is 13.6 Å². The van der Waals surface area contributed by atoms with Crippen LogP contribution in [0.25, 0.3) is 11.1 Å². The lowest BCUT2D eigenvalue weighted by atomic mass is 10.0. The van der Waals surface area contributed by atoms with Gasteiger partial charge >= 0.3 is 0 Å². The van der Waals surface area contributed by atoms with Gasteiger partial charge in [0.25, 0.3) is 5.91 Å². The first-order valence-electron chi connectivity index (χ1n) is 9.27. The number of hydrogen-bond acceptors (Lipinski definition) is 5. The Hall–Kier alpha value is -4.14. The molecule has 1 N–H and O–H groups in total. The van der Waals surface area contributed by atoms with E-state index in [4.69, 9.17) is 4.74 Å². The maximum Gasteiger partial charge on any atom is 0.259 e. The number of benzene rings is 2. The van der Waals surface area contributed by atoms with Gasteiger partial charge in [-0.15, -0.1) is 0 Å². The fourth-order valence-electron chi connectivity index (χ4n) is 2.94. The molecule has 0 bridgehead atoms. The summed E-state index contributed by atoms with van der Waals surface area (Å²) in [5.74, 6) is -2.03. The van der Waals surface area contributed by atoms with Crippen molar-refractivity contribution < 1.29 is 18.3 Å². The molecule has 2 aromatic carbocycles. The molecule has 0 spiro atoms. The second-order valence-electron chi connectivity index (χ2n) is 6.74. The van der Waals surface area contributed by atoms with Gasteiger partial charge < -0.3 is 10.1 Å². The lowest BCUT2D eigenvalue weighted by Crippen LogP contribution is -2.14. The molecule has 0 aliphatic rings. The van der Waals surface area contributed by atoms with Crippen LogP contribution in [0.15, 0.2) is 67.3 Å². The Bertz CT molecular complexity index is 1230. The van der Waals surface area contributed by atoms with Crippen LogP contribution in [-0.2, 0) is 13.7 Å². The van der Waals surface area contributed by atoms with Crippen molar-refractivity contribution in [3.63, 3.8) is 0 Å². The summed E-state index contributed by atoms with van der Waals surface area (Å²) in [6.07, 6.45) is 6.39. The number of carbonyl (C=O) groups is 1. The largest absolute Gasteiger partial charge is 0.488 e. The lowest BCUT2D eigenvalue weighted by Gasteiger charge is -2.13. The van der Waals surface area contributed by atoms with Gasteiger partial charge in [-0.3, -0.25) is 9.48 Å². The minimum atomic E-state index is -0.962. The van der Waals surface area contributed by atoms with Gasteiger partial charge in [-0.25, -0.2) is 8.78 Å². The molecular weight excluding hydrogens is 404 g/mol. The van der Waals surface area contributed by atoms with Crippen LogP contribution in [0.2, 0.25) is 0 Å². The molecule has 2 aromatic heterocycles. The normalized spacial score (nSPS) is 10.7. The number of carbonyl (C=O) groups excluding carboxylic acids is 1. The molecule has 0 saturated heterocycles. The van der Waals surface area contributed by atoms with Crippen molar-refractivity contribution in [2.75, 3.05) is 5.32 Å². The van der Waals surface area contributed by atoms with Gasteiger partial charge in [0, 0.05) is 18.8 Å². The second-order valence-corrected chi connectivity index (χ2v) is 6.74. The van der Waals surface area contributed by atoms with Crippen molar-refractivity contribution in [2.24, 2.45) is 7.05 Å². The average Bonchev–Trinajstić information content (AvgIpc) is 3.21. The number of aromatic nitrogens is 4. The Labute approximate surface area is 176 Å². The Morgan fingerprint density at radius 3 is 2.61 bits per heavy atom. The number of halogens is 2. The minimum Gasteiger partial charge on any atom is -0.488 e. The number of hydrogen-bond donors (Lipinski definition) is 1. The molecule has 0 unspecified atom stereocenters. The highest BCUT2D eigenvalue weighted by atomic mass is 19.2. The van der Waals surface area contributed by atoms with Crippen LogP contribution in [0.1, 0.15) is 15.9 Å². The van der Waals surface area contributed by atoms with E-state index in [1.807, 2.05) is 6.20 Å². The summed E-state index contributed by atoms with van der Waals surface area (Å²) in [4.78, 5) is 13.0. The van der Waals surface area contributed by atoms with Crippen molar-refractivity contribution in [3.05, 3.63) is 90.0 Å². The van der Waals surface area contributed by atoms with Crippen LogP contribution in [0, 0.1) is 11.6 Å². The highest BCUT2D eigenvalue weighted by Crippen LogP contribution is 2.28. The number of rotatable bonds is 6. The first-order chi connectivity index (χ1) is 15.0. The van der Waals surface area contributed by atoms with Crippen molar-refractivity contribution in [1.82, 2.24) is 20.0 Å². The SMILES string of the molecule is Cn1cc(-c2ccc(OCc3ccc(F)c(F)c3)c(C(=O)Nc3ccnnc3)c2)cn1. The maximum atomic E-state index is 13.5. The fourth-order valence-corrected chi connectivity index (χ4v) is 2.94. The van der Waals surface area contributed by atoms with E-state index in [1.165, 1.54) is 18.5 Å². The summed E-state index contributed by atoms with van der Waals surface area (Å²) in [5, 5.41) is 14.3. The number of nitrogens with one attached hydrogen (secondary N) is 1. The van der Waals surface area contributed by atoms with Crippen LogP contribution in [0.5, 0.6) is 5.75 Å². The van der Waals surface area contributed by atoms with Crippen molar-refractivity contribution in [2.45, 2.75) is 6.61 Å². The standard InChI is InChI=1S/C22H17F2N5O2/c1-29-12-16(10-27-29)15-3-5-21(31-13-14-2-4-19(23)20(24)8-14)18(9-15)22(30)28-17-6-7-25-26-11-17/h2-12H,13H2,1H3,(H,25,28,30). The number of anilines is 1. The molecule has 2 heterocycles. The second kappa shape index (κ2) is 8.70. The van der Waals surface area contributed by atoms with Crippen LogP contribution >= 0.6 is 0 Å². The maximum absolute atomic E-state index is 13.5. The zero-order valence-electron chi connectivity index (χ0n) is 16.4. The molecule has 0 saturated carbocycles. The predicted molar refractivity (Wildman–Crippen MR) is 109 cm³/mol. The van der Waals surface area contributed by atoms with Crippen molar-refractivity contribution in [1.29, 1.82) is 0 Å². The van der Waals surface area contributed by atoms with Crippen LogP contribution < -0.4 is 10.1 Å². The van der Waals surface area contributed by atoms with E-state index < -0.39 is 17.5 Å². The highest BCUT2D eigenvalue weighted by molar-refractivity contribution is 6.06. The molecule has 0 fully saturated rings. The van der Waals surface area contributed by atoms with Gasteiger partial charge in [-0.05, 0) is 41.5 Å². The molecular formula is C22H17F2N5O2. The summed E-state index contributed by atoms with van der Waals surface area (Å²) in [5.41, 5.74) is 2.76. The number of aryl methyl sites for hydroxylation is 1. The fraction of sp³-hybridized carbons (Fsp3) is 0.0909. The topological polar surface area (TPSA) is 81.9 Å². The zero-order chi connectivity index (χ0) is 21.8. The Kier molecular flexibility index (Phi) is 5.65. The first kappa shape index (κ1) is 20.1. The number of amides is 1. The van der Waals surface area contributed by atoms with Crippen LogP contribution in [0.3, 0.4) is 0 Å². The summed E-state index contributed by atoms with van der Waals surface area (Å²) in [6.45, 7) is -0.0411. The van der Waals surface area contributed by atoms with E-state index in [0.717, 1.165) is 23.3 Å². The number of ether oxygens (including phenoxy) is 1. The highest BCUT2D eigenvalue weighted by Gasteiger charge is 2.16. The molecule has 0 atom stereocenters. The average molecular weight is 421 g/mol. The third kappa shape index (κ3) is 4.72. The molecule has 31 heavy (non-hydrogen) atoms. The van der Waals surface area contributed by atoms with E-state index in [0.29, 0.717) is 11.3 Å². The molecule has 0 aliphatic heterocycles. The Balaban J connectivity index is 1.64. The van der Waals surface area contributed by atoms with E-state index >= 15 is 0 Å². The third-order valence-electron chi connectivity index (χ3n) is 4.48. The molecule has 7 nitrogen and oxygen atoms in total. The zero-order valence-corrected chi connectivity index (χ0v) is 16.4. The first-order valence-corrected chi connectivity index (χ1v) is 9.27. The van der Waals surface area contributed by atoms with Gasteiger partial charge in [0.15, 0.2) is 11.6 Å². The van der Waals surface area contributed by atoms with Crippen LogP contribution in [0.4, 0.5) is 14.5 Å². The summed E-state index contributed by atoms with van der Waals surface area (Å²) in [6, 6.07) is 10.2. The molecule has 156 valence electrons. The Morgan fingerprint density at radius 1 is 1.03 bits per heavy atom. The van der Waals surface area contributed by atoms with Crippen LogP contribution in [-0.4, -0.2) is 25.9 Å². The van der Waals surface area contributed by atoms with Gasteiger partial charge in [-0.1, -0.05) is 12.1 Å². The van der Waals surface area contributed by atoms with Gasteiger partial charge in [-0.2, -0.15) is 15.3 Å².